The molecule has 198 valence electrons. The summed E-state index contributed by atoms with van der Waals surface area (Å²) >= 11 is 9.53. The van der Waals surface area contributed by atoms with E-state index >= 15 is 0 Å². The first-order valence-electron chi connectivity index (χ1n) is 11.7. The Morgan fingerprint density at radius 3 is 2.78 bits per heavy atom. The largest absolute Gasteiger partial charge is 0.490 e. The van der Waals surface area contributed by atoms with Crippen LogP contribution in [0.2, 0.25) is 5.02 Å². The van der Waals surface area contributed by atoms with Crippen molar-refractivity contribution in [2.75, 3.05) is 31.7 Å². The first kappa shape index (κ1) is 28.4. The predicted octanol–water partition coefficient (Wildman–Crippen LogP) is 3.57. The number of nitrogens with one attached hydrogen (secondary N) is 3. The van der Waals surface area contributed by atoms with E-state index < -0.39 is 11.8 Å². The third-order valence-corrected chi connectivity index (χ3v) is 6.32. The second-order valence-electron chi connectivity index (χ2n) is 8.06. The van der Waals surface area contributed by atoms with Crippen molar-refractivity contribution in [3.63, 3.8) is 0 Å². The van der Waals surface area contributed by atoms with E-state index in [2.05, 4.69) is 37.1 Å². The van der Waals surface area contributed by atoms with Gasteiger partial charge in [0.25, 0.3) is 5.91 Å². The molecule has 0 bridgehead atoms. The van der Waals surface area contributed by atoms with Gasteiger partial charge in [-0.3, -0.25) is 14.4 Å². The second-order valence-corrected chi connectivity index (χ2v) is 9.32. The van der Waals surface area contributed by atoms with Gasteiger partial charge in [-0.2, -0.15) is 5.10 Å². The lowest BCUT2D eigenvalue weighted by molar-refractivity contribution is -0.139. The lowest BCUT2D eigenvalue weighted by Gasteiger charge is -2.15. The molecule has 0 radical (unpaired) electrons. The van der Waals surface area contributed by atoms with E-state index in [-0.39, 0.29) is 25.2 Å². The average molecular weight is 596 g/mol. The smallest absolute Gasteiger partial charge is 0.329 e. The molecule has 3 N–H and O–H groups in total. The molecule has 12 heteroatoms. The molecule has 3 amide bonds. The van der Waals surface area contributed by atoms with Gasteiger partial charge in [0.15, 0.2) is 18.1 Å². The molecule has 1 aliphatic rings. The van der Waals surface area contributed by atoms with Gasteiger partial charge in [0, 0.05) is 23.9 Å². The molecule has 10 nitrogen and oxygen atoms in total. The van der Waals surface area contributed by atoms with Gasteiger partial charge in [0.2, 0.25) is 0 Å². The Balaban J connectivity index is 1.58. The molecule has 0 unspecified atom stereocenters. The minimum Gasteiger partial charge on any atom is -0.490 e. The first-order chi connectivity index (χ1) is 17.8. The standard InChI is InChI=1S/C25H28BrClN4O6/c1-3-35-21-11-16(12-29-31-25(34)24(33)28-13-17-6-5-9-36-17)10-18(26)23(21)37-14-22(32)30-20-8-4-7-19(27)15(20)2/h4,7-8,10-12,17H,3,5-6,9,13-14H2,1-2H3,(H,28,33)(H,30,32)(H,31,34)/b29-12-/t17-/m0/s1. The van der Waals surface area contributed by atoms with E-state index in [0.29, 0.717) is 45.5 Å². The monoisotopic (exact) mass is 594 g/mol. The van der Waals surface area contributed by atoms with Crippen molar-refractivity contribution in [3.8, 4) is 11.5 Å². The number of rotatable bonds is 10. The van der Waals surface area contributed by atoms with Gasteiger partial charge in [0.05, 0.1) is 23.4 Å². The molecule has 1 saturated heterocycles. The minimum atomic E-state index is -0.890. The number of ether oxygens (including phenoxy) is 3. The molecule has 3 rings (SSSR count). The number of nitrogens with zero attached hydrogens (tertiary/aromatic N) is 1. The zero-order valence-corrected chi connectivity index (χ0v) is 22.8. The maximum absolute atomic E-state index is 12.4. The van der Waals surface area contributed by atoms with E-state index in [1.807, 2.05) is 13.8 Å². The number of halogens is 2. The highest BCUT2D eigenvalue weighted by Crippen LogP contribution is 2.36. The molecule has 0 spiro atoms. The predicted molar refractivity (Wildman–Crippen MR) is 143 cm³/mol. The van der Waals surface area contributed by atoms with Crippen LogP contribution in [0, 0.1) is 6.92 Å². The summed E-state index contributed by atoms with van der Waals surface area (Å²) in [5.74, 6) is -1.36. The number of hydrazone groups is 1. The molecule has 0 saturated carbocycles. The van der Waals surface area contributed by atoms with Gasteiger partial charge < -0.3 is 24.8 Å². The van der Waals surface area contributed by atoms with Gasteiger partial charge in [-0.25, -0.2) is 5.43 Å². The van der Waals surface area contributed by atoms with Gasteiger partial charge >= 0.3 is 11.8 Å². The Labute approximate surface area is 228 Å². The van der Waals surface area contributed by atoms with Crippen LogP contribution in [0.1, 0.15) is 30.9 Å². The molecule has 37 heavy (non-hydrogen) atoms. The van der Waals surface area contributed by atoms with Crippen LogP contribution in [-0.4, -0.2) is 56.4 Å². The first-order valence-corrected chi connectivity index (χ1v) is 12.8. The highest BCUT2D eigenvalue weighted by Gasteiger charge is 2.19. The van der Waals surface area contributed by atoms with Crippen molar-refractivity contribution >= 4 is 57.2 Å². The van der Waals surface area contributed by atoms with Crippen molar-refractivity contribution in [2.45, 2.75) is 32.8 Å². The van der Waals surface area contributed by atoms with Crippen molar-refractivity contribution in [3.05, 3.63) is 51.0 Å². The van der Waals surface area contributed by atoms with Gasteiger partial charge in [-0.15, -0.1) is 0 Å². The SMILES string of the molecule is CCOc1cc(/C=N\NC(=O)C(=O)NC[C@@H]2CCCO2)cc(Br)c1OCC(=O)Nc1cccc(Cl)c1C. The summed E-state index contributed by atoms with van der Waals surface area (Å²) in [6, 6.07) is 8.55. The third kappa shape index (κ3) is 8.44. The summed E-state index contributed by atoms with van der Waals surface area (Å²) in [6.07, 6.45) is 3.08. The average Bonchev–Trinajstić information content (AvgIpc) is 3.39. The normalized spacial score (nSPS) is 14.9. The molecular formula is C25H28BrClN4O6. The number of hydrogen-bond acceptors (Lipinski definition) is 7. The van der Waals surface area contributed by atoms with Gasteiger partial charge in [0.1, 0.15) is 0 Å². The van der Waals surface area contributed by atoms with Crippen LogP contribution in [-0.2, 0) is 19.1 Å². The number of amides is 3. The van der Waals surface area contributed by atoms with Crippen molar-refractivity contribution < 1.29 is 28.6 Å². The molecule has 2 aromatic rings. The summed E-state index contributed by atoms with van der Waals surface area (Å²) in [6.45, 7) is 4.63. The summed E-state index contributed by atoms with van der Waals surface area (Å²) in [7, 11) is 0. The Morgan fingerprint density at radius 1 is 1.24 bits per heavy atom. The number of carbonyl (C=O) groups excluding carboxylic acids is 3. The topological polar surface area (TPSA) is 127 Å². The Morgan fingerprint density at radius 2 is 2.05 bits per heavy atom. The number of anilines is 1. The molecule has 1 heterocycles. The van der Waals surface area contributed by atoms with Crippen molar-refractivity contribution in [1.29, 1.82) is 0 Å². The fraction of sp³-hybridized carbons (Fsp3) is 0.360. The molecular weight excluding hydrogens is 568 g/mol. The maximum Gasteiger partial charge on any atom is 0.329 e. The van der Waals surface area contributed by atoms with Crippen LogP contribution in [0.5, 0.6) is 11.5 Å². The van der Waals surface area contributed by atoms with E-state index in [1.165, 1.54) is 6.21 Å². The lowest BCUT2D eigenvalue weighted by atomic mass is 10.2. The van der Waals surface area contributed by atoms with E-state index in [0.717, 1.165) is 18.4 Å². The molecule has 0 aromatic heterocycles. The number of hydrogen-bond donors (Lipinski definition) is 3. The second kappa shape index (κ2) is 14.0. The van der Waals surface area contributed by atoms with Crippen LogP contribution in [0.4, 0.5) is 5.69 Å². The van der Waals surface area contributed by atoms with Gasteiger partial charge in [-0.1, -0.05) is 17.7 Å². The van der Waals surface area contributed by atoms with Gasteiger partial charge in [-0.05, 0) is 78.0 Å². The highest BCUT2D eigenvalue weighted by atomic mass is 79.9. The Bertz CT molecular complexity index is 1170. The molecule has 0 aliphatic carbocycles. The van der Waals surface area contributed by atoms with Crippen LogP contribution in [0.15, 0.2) is 39.9 Å². The van der Waals surface area contributed by atoms with E-state index in [9.17, 15) is 14.4 Å². The number of carbonyl (C=O) groups is 3. The molecule has 1 fully saturated rings. The summed E-state index contributed by atoms with van der Waals surface area (Å²) in [5.41, 5.74) is 4.10. The van der Waals surface area contributed by atoms with Crippen LogP contribution in [0.25, 0.3) is 0 Å². The minimum absolute atomic E-state index is 0.0673. The van der Waals surface area contributed by atoms with Crippen molar-refractivity contribution in [2.24, 2.45) is 5.10 Å². The van der Waals surface area contributed by atoms with Crippen LogP contribution in [0.3, 0.4) is 0 Å². The van der Waals surface area contributed by atoms with Crippen LogP contribution < -0.4 is 25.5 Å². The summed E-state index contributed by atoms with van der Waals surface area (Å²) in [5, 5.41) is 9.69. The van der Waals surface area contributed by atoms with Crippen molar-refractivity contribution in [1.82, 2.24) is 10.7 Å². The zero-order chi connectivity index (χ0) is 26.8. The molecule has 2 aromatic carbocycles. The summed E-state index contributed by atoms with van der Waals surface area (Å²) in [4.78, 5) is 36.3. The quantitative estimate of drug-likeness (QED) is 0.219. The fourth-order valence-corrected chi connectivity index (χ4v) is 4.19. The van der Waals surface area contributed by atoms with Crippen LogP contribution >= 0.6 is 27.5 Å². The molecule has 1 aliphatic heterocycles. The van der Waals surface area contributed by atoms with E-state index in [1.54, 1.807) is 30.3 Å². The molecule has 1 atom stereocenters. The Hall–Kier alpha value is -3.15. The summed E-state index contributed by atoms with van der Waals surface area (Å²) < 4.78 is 17.3. The lowest BCUT2D eigenvalue weighted by Crippen LogP contribution is -2.41. The fourth-order valence-electron chi connectivity index (χ4n) is 3.44. The van der Waals surface area contributed by atoms with E-state index in [4.69, 9.17) is 25.8 Å². The maximum atomic E-state index is 12.4. The Kier molecular flexibility index (Phi) is 10.7. The number of benzene rings is 2. The third-order valence-electron chi connectivity index (χ3n) is 5.32. The zero-order valence-electron chi connectivity index (χ0n) is 20.4. The highest BCUT2D eigenvalue weighted by molar-refractivity contribution is 9.10.